The number of hydrogen-bond donors (Lipinski definition) is 1. The zero-order valence-corrected chi connectivity index (χ0v) is 9.49. The summed E-state index contributed by atoms with van der Waals surface area (Å²) in [6.45, 7) is 5.74. The molecule has 5 heteroatoms. The van der Waals surface area contributed by atoms with E-state index in [1.807, 2.05) is 20.8 Å². The highest BCUT2D eigenvalue weighted by Crippen LogP contribution is 2.15. The first kappa shape index (κ1) is 12.1. The fourth-order valence-electron chi connectivity index (χ4n) is 1.47. The number of carbonyl (C=O) groups excluding carboxylic acids is 2. The Hall–Kier alpha value is -0.940. The molecule has 1 fully saturated rings. The molecule has 0 saturated carbocycles. The van der Waals surface area contributed by atoms with Crippen LogP contribution in [0.25, 0.3) is 0 Å². The van der Waals surface area contributed by atoms with Gasteiger partial charge in [0.2, 0.25) is 0 Å². The standard InChI is InChI=1S/C10H17NO4/c1-10(2,3)11-7-6(12)5-15-8(7)9(13)14-4/h7-8,11H,5H2,1-4H3. The van der Waals surface area contributed by atoms with Crippen LogP contribution in [0, 0.1) is 0 Å². The van der Waals surface area contributed by atoms with Gasteiger partial charge in [-0.05, 0) is 20.8 Å². The maximum absolute atomic E-state index is 11.5. The van der Waals surface area contributed by atoms with Gasteiger partial charge in [-0.15, -0.1) is 0 Å². The lowest BCUT2D eigenvalue weighted by atomic mass is 10.0. The third-order valence-corrected chi connectivity index (χ3v) is 2.08. The van der Waals surface area contributed by atoms with Crippen LogP contribution in [0.3, 0.4) is 0 Å². The van der Waals surface area contributed by atoms with Crippen molar-refractivity contribution in [1.29, 1.82) is 0 Å². The smallest absolute Gasteiger partial charge is 0.337 e. The van der Waals surface area contributed by atoms with Gasteiger partial charge >= 0.3 is 5.97 Å². The van der Waals surface area contributed by atoms with Crippen molar-refractivity contribution in [2.24, 2.45) is 0 Å². The minimum absolute atomic E-state index is 0.0342. The summed E-state index contributed by atoms with van der Waals surface area (Å²) in [5, 5.41) is 3.06. The van der Waals surface area contributed by atoms with Crippen LogP contribution >= 0.6 is 0 Å². The monoisotopic (exact) mass is 215 g/mol. The second kappa shape index (κ2) is 4.28. The molecule has 2 atom stereocenters. The van der Waals surface area contributed by atoms with Gasteiger partial charge in [0.1, 0.15) is 12.6 Å². The Bertz CT molecular complexity index is 269. The zero-order chi connectivity index (χ0) is 11.6. The van der Waals surface area contributed by atoms with Gasteiger partial charge in [0, 0.05) is 5.54 Å². The van der Waals surface area contributed by atoms with Crippen LogP contribution in [-0.4, -0.2) is 43.2 Å². The molecule has 0 amide bonds. The third kappa shape index (κ3) is 3.00. The van der Waals surface area contributed by atoms with Crippen molar-refractivity contribution in [1.82, 2.24) is 5.32 Å². The fraction of sp³-hybridized carbons (Fsp3) is 0.800. The normalized spacial score (nSPS) is 26.8. The van der Waals surface area contributed by atoms with Crippen LogP contribution in [0.4, 0.5) is 0 Å². The van der Waals surface area contributed by atoms with Gasteiger partial charge in [-0.1, -0.05) is 0 Å². The lowest BCUT2D eigenvalue weighted by molar-refractivity contribution is -0.152. The number of hydrogen-bond acceptors (Lipinski definition) is 5. The Kier molecular flexibility index (Phi) is 3.46. The van der Waals surface area contributed by atoms with E-state index in [1.54, 1.807) is 0 Å². The van der Waals surface area contributed by atoms with Gasteiger partial charge in [-0.25, -0.2) is 4.79 Å². The summed E-state index contributed by atoms with van der Waals surface area (Å²) < 4.78 is 9.66. The molecule has 1 rings (SSSR count). The van der Waals surface area contributed by atoms with E-state index >= 15 is 0 Å². The van der Waals surface area contributed by atoms with Crippen LogP contribution in [0.15, 0.2) is 0 Å². The molecule has 1 aliphatic rings. The fourth-order valence-corrected chi connectivity index (χ4v) is 1.47. The first-order valence-electron chi connectivity index (χ1n) is 4.85. The number of esters is 1. The molecule has 0 spiro atoms. The highest BCUT2D eigenvalue weighted by atomic mass is 16.6. The molecule has 15 heavy (non-hydrogen) atoms. The Balaban J connectivity index is 2.73. The van der Waals surface area contributed by atoms with Crippen LogP contribution in [-0.2, 0) is 19.1 Å². The van der Waals surface area contributed by atoms with Crippen LogP contribution in [0.2, 0.25) is 0 Å². The van der Waals surface area contributed by atoms with E-state index in [-0.39, 0.29) is 17.9 Å². The Morgan fingerprint density at radius 2 is 2.13 bits per heavy atom. The molecule has 0 aromatic heterocycles. The first-order valence-corrected chi connectivity index (χ1v) is 4.85. The molecule has 5 nitrogen and oxygen atoms in total. The second-order valence-electron chi connectivity index (χ2n) is 4.59. The Morgan fingerprint density at radius 3 is 2.60 bits per heavy atom. The van der Waals surface area contributed by atoms with E-state index in [0.717, 1.165) is 0 Å². The average Bonchev–Trinajstić information content (AvgIpc) is 2.45. The summed E-state index contributed by atoms with van der Waals surface area (Å²) in [5.74, 6) is -0.622. The zero-order valence-electron chi connectivity index (χ0n) is 9.49. The molecule has 0 aliphatic carbocycles. The molecule has 1 heterocycles. The largest absolute Gasteiger partial charge is 0.467 e. The summed E-state index contributed by atoms with van der Waals surface area (Å²) in [4.78, 5) is 22.8. The molecule has 1 N–H and O–H groups in total. The van der Waals surface area contributed by atoms with Crippen LogP contribution in [0.5, 0.6) is 0 Å². The molecule has 0 radical (unpaired) electrons. The van der Waals surface area contributed by atoms with E-state index in [9.17, 15) is 9.59 Å². The summed E-state index contributed by atoms with van der Waals surface area (Å²) in [6.07, 6.45) is -0.818. The number of carbonyl (C=O) groups is 2. The number of rotatable bonds is 2. The Morgan fingerprint density at radius 1 is 1.53 bits per heavy atom. The molecule has 86 valence electrons. The van der Waals surface area contributed by atoms with Gasteiger partial charge in [0.05, 0.1) is 7.11 Å². The van der Waals surface area contributed by atoms with Gasteiger partial charge in [0.25, 0.3) is 0 Å². The minimum Gasteiger partial charge on any atom is -0.467 e. The van der Waals surface area contributed by atoms with Gasteiger partial charge < -0.3 is 9.47 Å². The van der Waals surface area contributed by atoms with E-state index in [0.29, 0.717) is 0 Å². The van der Waals surface area contributed by atoms with Crippen molar-refractivity contribution in [2.75, 3.05) is 13.7 Å². The van der Waals surface area contributed by atoms with Crippen molar-refractivity contribution in [3.8, 4) is 0 Å². The van der Waals surface area contributed by atoms with Crippen molar-refractivity contribution < 1.29 is 19.1 Å². The summed E-state index contributed by atoms with van der Waals surface area (Å²) in [7, 11) is 1.28. The number of nitrogens with one attached hydrogen (secondary N) is 1. The van der Waals surface area contributed by atoms with E-state index < -0.39 is 18.1 Å². The van der Waals surface area contributed by atoms with Crippen molar-refractivity contribution >= 4 is 11.8 Å². The van der Waals surface area contributed by atoms with Gasteiger partial charge in [0.15, 0.2) is 11.9 Å². The topological polar surface area (TPSA) is 64.6 Å². The maximum atomic E-state index is 11.5. The van der Waals surface area contributed by atoms with Gasteiger partial charge in [-0.3, -0.25) is 10.1 Å². The maximum Gasteiger partial charge on any atom is 0.337 e. The average molecular weight is 215 g/mol. The van der Waals surface area contributed by atoms with E-state index in [2.05, 4.69) is 10.1 Å². The molecule has 1 saturated heterocycles. The minimum atomic E-state index is -0.818. The predicted molar refractivity (Wildman–Crippen MR) is 53.4 cm³/mol. The highest BCUT2D eigenvalue weighted by Gasteiger charge is 2.42. The van der Waals surface area contributed by atoms with Crippen LogP contribution in [0.1, 0.15) is 20.8 Å². The number of methoxy groups -OCH3 is 1. The molecule has 1 aliphatic heterocycles. The number of Topliss-reactive ketones (excluding diaryl/α,β-unsaturated/α-hetero) is 1. The summed E-state index contributed by atoms with van der Waals surface area (Å²) in [5.41, 5.74) is -0.250. The summed E-state index contributed by atoms with van der Waals surface area (Å²) in [6, 6.07) is -0.600. The molecule has 0 bridgehead atoms. The quantitative estimate of drug-likeness (QED) is 0.651. The molecular formula is C10H17NO4. The van der Waals surface area contributed by atoms with Crippen molar-refractivity contribution in [3.05, 3.63) is 0 Å². The number of ether oxygens (including phenoxy) is 2. The number of ketones is 1. The Labute approximate surface area is 89.1 Å². The molecule has 0 aromatic carbocycles. The lowest BCUT2D eigenvalue weighted by Gasteiger charge is -2.26. The van der Waals surface area contributed by atoms with Crippen molar-refractivity contribution in [2.45, 2.75) is 38.5 Å². The van der Waals surface area contributed by atoms with Crippen molar-refractivity contribution in [3.63, 3.8) is 0 Å². The van der Waals surface area contributed by atoms with E-state index in [1.165, 1.54) is 7.11 Å². The lowest BCUT2D eigenvalue weighted by Crippen LogP contribution is -2.52. The summed E-state index contributed by atoms with van der Waals surface area (Å²) >= 11 is 0. The SMILES string of the molecule is COC(=O)C1OCC(=O)C1NC(C)(C)C. The van der Waals surface area contributed by atoms with Crippen LogP contribution < -0.4 is 5.32 Å². The van der Waals surface area contributed by atoms with E-state index in [4.69, 9.17) is 4.74 Å². The third-order valence-electron chi connectivity index (χ3n) is 2.08. The molecular weight excluding hydrogens is 198 g/mol. The molecule has 2 unspecified atom stereocenters. The first-order chi connectivity index (χ1) is 6.85. The second-order valence-corrected chi connectivity index (χ2v) is 4.59. The molecule has 0 aromatic rings. The highest BCUT2D eigenvalue weighted by molar-refractivity contribution is 5.94. The predicted octanol–water partition coefficient (Wildman–Crippen LogP) is -0.116. The van der Waals surface area contributed by atoms with Gasteiger partial charge in [-0.2, -0.15) is 0 Å².